The predicted octanol–water partition coefficient (Wildman–Crippen LogP) is 5.88. The minimum absolute atomic E-state index is 0.186. The first-order valence-corrected chi connectivity index (χ1v) is 9.28. The molecule has 4 heteroatoms. The lowest BCUT2D eigenvalue weighted by molar-refractivity contribution is -0.704. The molecular formula is C18H11Br3N+. The number of benzene rings is 2. The molecule has 0 N–H and O–H groups in total. The molecule has 0 aliphatic heterocycles. The molecule has 1 nitrogen and oxygen atoms in total. The molecule has 1 heterocycles. The number of fused-ring (bicyclic) bond motifs is 3. The van der Waals surface area contributed by atoms with Gasteiger partial charge in [0.05, 0.1) is 0 Å². The lowest BCUT2D eigenvalue weighted by atomic mass is 10.1. The Bertz CT molecular complexity index is 875. The highest BCUT2D eigenvalue weighted by Gasteiger charge is 2.38. The van der Waals surface area contributed by atoms with Crippen LogP contribution in [0.2, 0.25) is 0 Å². The van der Waals surface area contributed by atoms with Crippen molar-refractivity contribution in [3.05, 3.63) is 85.5 Å². The second-order valence-electron chi connectivity index (χ2n) is 5.27. The number of hydrogen-bond acceptors (Lipinski definition) is 0. The fraction of sp³-hybridized carbons (Fsp3) is 0.0556. The average Bonchev–Trinajstić information content (AvgIpc) is 2.87. The van der Waals surface area contributed by atoms with E-state index < -0.39 is 0 Å². The van der Waals surface area contributed by atoms with Gasteiger partial charge >= 0.3 is 0 Å². The normalized spacial score (nSPS) is 15.5. The zero-order valence-electron chi connectivity index (χ0n) is 11.4. The third-order valence-electron chi connectivity index (χ3n) is 4.03. The van der Waals surface area contributed by atoms with Gasteiger partial charge in [-0.25, -0.2) is 0 Å². The van der Waals surface area contributed by atoms with Crippen LogP contribution in [0, 0.1) is 0 Å². The summed E-state index contributed by atoms with van der Waals surface area (Å²) in [5, 5.41) is 0. The molecule has 2 aromatic carbocycles. The van der Waals surface area contributed by atoms with Crippen LogP contribution in [-0.2, 0) is 0 Å². The van der Waals surface area contributed by atoms with Crippen molar-refractivity contribution in [1.82, 2.24) is 0 Å². The first-order valence-electron chi connectivity index (χ1n) is 6.90. The molecule has 0 radical (unpaired) electrons. The highest BCUT2D eigenvalue weighted by atomic mass is 79.9. The van der Waals surface area contributed by atoms with E-state index in [4.69, 9.17) is 0 Å². The molecule has 0 saturated carbocycles. The van der Waals surface area contributed by atoms with Gasteiger partial charge < -0.3 is 0 Å². The molecule has 1 aliphatic rings. The Kier molecular flexibility index (Phi) is 3.71. The maximum Gasteiger partial charge on any atom is 0.211 e. The molecule has 4 rings (SSSR count). The minimum atomic E-state index is 0.186. The second-order valence-corrected chi connectivity index (χ2v) is 7.90. The zero-order valence-corrected chi connectivity index (χ0v) is 16.2. The summed E-state index contributed by atoms with van der Waals surface area (Å²) in [6.45, 7) is 0. The number of pyridine rings is 1. The maximum absolute atomic E-state index is 3.75. The van der Waals surface area contributed by atoms with Crippen LogP contribution in [0.5, 0.6) is 0 Å². The molecule has 1 aliphatic carbocycles. The third kappa shape index (κ3) is 2.20. The van der Waals surface area contributed by atoms with E-state index >= 15 is 0 Å². The van der Waals surface area contributed by atoms with Gasteiger partial charge in [-0.15, -0.1) is 0 Å². The molecule has 0 amide bonds. The first-order chi connectivity index (χ1) is 10.7. The van der Waals surface area contributed by atoms with Gasteiger partial charge in [0.2, 0.25) is 6.04 Å². The number of hydrogen-bond donors (Lipinski definition) is 0. The monoisotopic (exact) mass is 478 g/mol. The van der Waals surface area contributed by atoms with Crippen molar-refractivity contribution in [1.29, 1.82) is 0 Å². The summed E-state index contributed by atoms with van der Waals surface area (Å²) in [5.74, 6) is 0. The Morgan fingerprint density at radius 1 is 0.818 bits per heavy atom. The summed E-state index contributed by atoms with van der Waals surface area (Å²) < 4.78 is 5.63. The van der Waals surface area contributed by atoms with Crippen LogP contribution in [0.15, 0.2) is 74.3 Å². The minimum Gasteiger partial charge on any atom is -0.194 e. The molecule has 22 heavy (non-hydrogen) atoms. The van der Waals surface area contributed by atoms with Crippen molar-refractivity contribution in [3.8, 4) is 11.1 Å². The third-order valence-corrected chi connectivity index (χ3v) is 5.88. The highest BCUT2D eigenvalue weighted by Crippen LogP contribution is 2.50. The van der Waals surface area contributed by atoms with Gasteiger partial charge in [-0.1, -0.05) is 59.9 Å². The average molecular weight is 481 g/mol. The van der Waals surface area contributed by atoms with Crippen LogP contribution in [0.3, 0.4) is 0 Å². The molecule has 3 aromatic rings. The van der Waals surface area contributed by atoms with Crippen molar-refractivity contribution < 1.29 is 4.57 Å². The second kappa shape index (κ2) is 5.59. The first kappa shape index (κ1) is 14.6. The lowest BCUT2D eigenvalue weighted by Crippen LogP contribution is -2.38. The molecule has 1 atom stereocenters. The fourth-order valence-electron chi connectivity index (χ4n) is 3.14. The van der Waals surface area contributed by atoms with E-state index in [-0.39, 0.29) is 6.04 Å². The van der Waals surface area contributed by atoms with Crippen LogP contribution < -0.4 is 4.57 Å². The van der Waals surface area contributed by atoms with E-state index in [0.29, 0.717) is 0 Å². The van der Waals surface area contributed by atoms with Crippen LogP contribution in [-0.4, -0.2) is 0 Å². The van der Waals surface area contributed by atoms with Gasteiger partial charge in [0.25, 0.3) is 0 Å². The summed E-state index contributed by atoms with van der Waals surface area (Å²) in [6.07, 6.45) is 4.25. The van der Waals surface area contributed by atoms with Crippen molar-refractivity contribution >= 4 is 47.8 Å². The molecule has 108 valence electrons. The number of aromatic nitrogens is 1. The van der Waals surface area contributed by atoms with E-state index in [1.54, 1.807) is 0 Å². The standard InChI is InChI=1S/C18H11Br3N/c19-11-4-5-12-13(10-11)16-14(20)6-7-15(21)17(16)18(12)22-8-2-1-3-9-22/h1-10,18H/q+1. The van der Waals surface area contributed by atoms with Crippen LogP contribution in [0.25, 0.3) is 11.1 Å². The number of rotatable bonds is 1. The molecule has 0 fully saturated rings. The highest BCUT2D eigenvalue weighted by molar-refractivity contribution is 9.11. The SMILES string of the molecule is Brc1ccc2c(c1)-c1c(Br)ccc(Br)c1C2[n+]1ccccc1. The lowest BCUT2D eigenvalue weighted by Gasteiger charge is -2.10. The van der Waals surface area contributed by atoms with Gasteiger partial charge in [0.15, 0.2) is 12.4 Å². The summed E-state index contributed by atoms with van der Waals surface area (Å²) in [4.78, 5) is 0. The molecule has 0 saturated heterocycles. The van der Waals surface area contributed by atoms with Crippen LogP contribution in [0.1, 0.15) is 17.2 Å². The Hall–Kier alpha value is -0.970. The van der Waals surface area contributed by atoms with E-state index in [1.807, 2.05) is 6.07 Å². The maximum atomic E-state index is 3.75. The van der Waals surface area contributed by atoms with E-state index in [9.17, 15) is 0 Å². The van der Waals surface area contributed by atoms with Crippen molar-refractivity contribution in [2.75, 3.05) is 0 Å². The van der Waals surface area contributed by atoms with Crippen LogP contribution in [0.4, 0.5) is 0 Å². The van der Waals surface area contributed by atoms with Gasteiger partial charge in [0, 0.05) is 42.2 Å². The quantitative estimate of drug-likeness (QED) is 0.299. The van der Waals surface area contributed by atoms with Gasteiger partial charge in [-0.2, -0.15) is 4.57 Å². The van der Waals surface area contributed by atoms with Gasteiger partial charge in [0.1, 0.15) is 0 Å². The molecule has 1 unspecified atom stereocenters. The molecule has 0 bridgehead atoms. The number of nitrogens with zero attached hydrogens (tertiary/aromatic N) is 1. The van der Waals surface area contributed by atoms with E-state index in [2.05, 4.69) is 107 Å². The summed E-state index contributed by atoms with van der Waals surface area (Å²) in [5.41, 5.74) is 5.17. The summed E-state index contributed by atoms with van der Waals surface area (Å²) in [7, 11) is 0. The summed E-state index contributed by atoms with van der Waals surface area (Å²) in [6, 6.07) is 17.1. The zero-order chi connectivity index (χ0) is 15.3. The molecule has 1 aromatic heterocycles. The van der Waals surface area contributed by atoms with Crippen LogP contribution >= 0.6 is 47.8 Å². The molecular weight excluding hydrogens is 470 g/mol. The summed E-state index contributed by atoms with van der Waals surface area (Å²) >= 11 is 11.1. The predicted molar refractivity (Wildman–Crippen MR) is 98.9 cm³/mol. The van der Waals surface area contributed by atoms with E-state index in [0.717, 1.165) is 13.4 Å². The Morgan fingerprint density at radius 3 is 2.32 bits per heavy atom. The van der Waals surface area contributed by atoms with Gasteiger partial charge in [-0.05, 0) is 29.8 Å². The van der Waals surface area contributed by atoms with Crippen molar-refractivity contribution in [2.45, 2.75) is 6.04 Å². The Morgan fingerprint density at radius 2 is 1.55 bits per heavy atom. The molecule has 0 spiro atoms. The van der Waals surface area contributed by atoms with Gasteiger partial charge in [-0.3, -0.25) is 0 Å². The topological polar surface area (TPSA) is 3.88 Å². The van der Waals surface area contributed by atoms with E-state index in [1.165, 1.54) is 22.3 Å². The van der Waals surface area contributed by atoms with Crippen molar-refractivity contribution in [3.63, 3.8) is 0 Å². The Balaban J connectivity index is 2.09. The largest absolute Gasteiger partial charge is 0.211 e. The Labute approximate surface area is 154 Å². The van der Waals surface area contributed by atoms with Crippen molar-refractivity contribution in [2.24, 2.45) is 0 Å². The fourth-order valence-corrected chi connectivity index (χ4v) is 4.61. The number of halogens is 3. The smallest absolute Gasteiger partial charge is 0.194 e.